The molecule has 1 unspecified atom stereocenters. The summed E-state index contributed by atoms with van der Waals surface area (Å²) >= 11 is 0. The van der Waals surface area contributed by atoms with Gasteiger partial charge in [0.05, 0.1) is 6.61 Å². The smallest absolute Gasteiger partial charge is 0.304 e. The van der Waals surface area contributed by atoms with Crippen LogP contribution in [-0.2, 0) is 16.1 Å². The average Bonchev–Trinajstić information content (AvgIpc) is 2.58. The van der Waals surface area contributed by atoms with Gasteiger partial charge in [-0.15, -0.1) is 0 Å². The van der Waals surface area contributed by atoms with Crippen molar-refractivity contribution in [2.24, 2.45) is 0 Å². The molecule has 1 aliphatic heterocycles. The van der Waals surface area contributed by atoms with E-state index in [9.17, 15) is 13.9 Å². The maximum atomic E-state index is 13.8. The number of hydrogen-bond acceptors (Lipinski definition) is 3. The van der Waals surface area contributed by atoms with Crippen LogP contribution in [0.25, 0.3) is 0 Å². The van der Waals surface area contributed by atoms with Crippen LogP contribution in [-0.4, -0.2) is 29.5 Å². The summed E-state index contributed by atoms with van der Waals surface area (Å²) in [6.45, 7) is 1.61. The van der Waals surface area contributed by atoms with Crippen molar-refractivity contribution in [3.63, 3.8) is 0 Å². The van der Waals surface area contributed by atoms with E-state index in [0.717, 1.165) is 5.56 Å². The van der Waals surface area contributed by atoms with Gasteiger partial charge in [-0.1, -0.05) is 37.3 Å². The van der Waals surface area contributed by atoms with Crippen LogP contribution >= 0.6 is 0 Å². The topological polar surface area (TPSA) is 38.7 Å². The number of hydrogen-bond donors (Lipinski definition) is 1. The summed E-state index contributed by atoms with van der Waals surface area (Å²) < 4.78 is 37.6. The van der Waals surface area contributed by atoms with E-state index in [1.807, 2.05) is 6.07 Å². The first-order valence-electron chi connectivity index (χ1n) is 5.92. The van der Waals surface area contributed by atoms with Crippen LogP contribution in [0.4, 0.5) is 8.78 Å². The zero-order valence-electron chi connectivity index (χ0n) is 10.1. The van der Waals surface area contributed by atoms with Gasteiger partial charge in [-0.05, 0) is 12.0 Å². The lowest BCUT2D eigenvalue weighted by molar-refractivity contribution is -0.163. The van der Waals surface area contributed by atoms with E-state index in [4.69, 9.17) is 9.47 Å². The Bertz CT molecular complexity index is 383. The standard InChI is InChI=1S/C13H16F2O3/c1-2-10-13(14,15)11(12(16)18-10)17-8-9-6-4-3-5-7-9/h3-7,10-12,16H,2,8H2,1H3/t10-,11-,12?/m1/s1. The second-order valence-electron chi connectivity index (χ2n) is 4.32. The summed E-state index contributed by atoms with van der Waals surface area (Å²) in [5, 5.41) is 9.48. The Morgan fingerprint density at radius 3 is 2.56 bits per heavy atom. The first-order valence-corrected chi connectivity index (χ1v) is 5.92. The molecule has 2 rings (SSSR count). The summed E-state index contributed by atoms with van der Waals surface area (Å²) in [5.74, 6) is -3.16. The minimum atomic E-state index is -3.16. The molecular weight excluding hydrogens is 242 g/mol. The predicted octanol–water partition coefficient (Wildman–Crippen LogP) is 2.33. The third kappa shape index (κ3) is 2.53. The minimum absolute atomic E-state index is 0.0257. The molecule has 1 fully saturated rings. The lowest BCUT2D eigenvalue weighted by Gasteiger charge is -2.22. The Morgan fingerprint density at radius 1 is 1.33 bits per heavy atom. The van der Waals surface area contributed by atoms with Crippen molar-refractivity contribution in [1.82, 2.24) is 0 Å². The Kier molecular flexibility index (Phi) is 3.94. The highest BCUT2D eigenvalue weighted by Gasteiger charge is 2.58. The van der Waals surface area contributed by atoms with Crippen molar-refractivity contribution in [2.75, 3.05) is 0 Å². The van der Waals surface area contributed by atoms with Crippen molar-refractivity contribution in [1.29, 1.82) is 0 Å². The molecule has 5 heteroatoms. The van der Waals surface area contributed by atoms with Gasteiger partial charge in [-0.3, -0.25) is 0 Å². The number of aliphatic hydroxyl groups is 1. The maximum absolute atomic E-state index is 13.8. The molecule has 18 heavy (non-hydrogen) atoms. The Hall–Kier alpha value is -1.04. The highest BCUT2D eigenvalue weighted by atomic mass is 19.3. The fraction of sp³-hybridized carbons (Fsp3) is 0.538. The van der Waals surface area contributed by atoms with Crippen LogP contribution in [0.5, 0.6) is 0 Å². The first kappa shape index (κ1) is 13.4. The molecule has 0 aromatic heterocycles. The molecule has 0 saturated carbocycles. The molecule has 3 nitrogen and oxygen atoms in total. The van der Waals surface area contributed by atoms with E-state index < -0.39 is 24.4 Å². The summed E-state index contributed by atoms with van der Waals surface area (Å²) in [5.41, 5.74) is 0.778. The lowest BCUT2D eigenvalue weighted by Crippen LogP contribution is -2.41. The van der Waals surface area contributed by atoms with Crippen LogP contribution < -0.4 is 0 Å². The monoisotopic (exact) mass is 258 g/mol. The molecule has 0 bridgehead atoms. The van der Waals surface area contributed by atoms with Gasteiger partial charge in [0.25, 0.3) is 0 Å². The summed E-state index contributed by atoms with van der Waals surface area (Å²) in [7, 11) is 0. The van der Waals surface area contributed by atoms with Crippen LogP contribution in [0.15, 0.2) is 30.3 Å². The van der Waals surface area contributed by atoms with Crippen LogP contribution in [0.2, 0.25) is 0 Å². The van der Waals surface area contributed by atoms with Gasteiger partial charge in [0.2, 0.25) is 0 Å². The normalized spacial score (nSPS) is 30.6. The van der Waals surface area contributed by atoms with Crippen molar-refractivity contribution in [3.8, 4) is 0 Å². The highest BCUT2D eigenvalue weighted by Crippen LogP contribution is 2.39. The highest BCUT2D eigenvalue weighted by molar-refractivity contribution is 5.13. The maximum Gasteiger partial charge on any atom is 0.304 e. The van der Waals surface area contributed by atoms with Gasteiger partial charge in [0.1, 0.15) is 6.10 Å². The largest absolute Gasteiger partial charge is 0.366 e. The van der Waals surface area contributed by atoms with Gasteiger partial charge in [-0.2, -0.15) is 0 Å². The average molecular weight is 258 g/mol. The van der Waals surface area contributed by atoms with Crippen molar-refractivity contribution in [3.05, 3.63) is 35.9 Å². The molecule has 1 aliphatic rings. The van der Waals surface area contributed by atoms with Gasteiger partial charge in [-0.25, -0.2) is 8.78 Å². The minimum Gasteiger partial charge on any atom is -0.366 e. The molecule has 100 valence electrons. The molecule has 1 aromatic carbocycles. The van der Waals surface area contributed by atoms with Gasteiger partial charge in [0, 0.05) is 0 Å². The summed E-state index contributed by atoms with van der Waals surface area (Å²) in [4.78, 5) is 0. The van der Waals surface area contributed by atoms with E-state index in [1.54, 1.807) is 31.2 Å². The van der Waals surface area contributed by atoms with Gasteiger partial charge in [0.15, 0.2) is 12.4 Å². The molecular formula is C13H16F2O3. The second-order valence-corrected chi connectivity index (χ2v) is 4.32. The SMILES string of the molecule is CC[C@H]1OC(O)[C@@H](OCc2ccccc2)C1(F)F. The summed E-state index contributed by atoms with van der Waals surface area (Å²) in [6.07, 6.45) is -4.33. The Morgan fingerprint density at radius 2 is 2.00 bits per heavy atom. The van der Waals surface area contributed by atoms with Crippen LogP contribution in [0.3, 0.4) is 0 Å². The Balaban J connectivity index is 2.00. The van der Waals surface area contributed by atoms with Gasteiger partial charge >= 0.3 is 5.92 Å². The first-order chi connectivity index (χ1) is 8.55. The lowest BCUT2D eigenvalue weighted by atomic mass is 10.1. The number of benzene rings is 1. The van der Waals surface area contributed by atoms with Crippen molar-refractivity contribution >= 4 is 0 Å². The van der Waals surface area contributed by atoms with E-state index in [1.165, 1.54) is 0 Å². The number of aliphatic hydroxyl groups excluding tert-OH is 1. The van der Waals surface area contributed by atoms with E-state index >= 15 is 0 Å². The fourth-order valence-corrected chi connectivity index (χ4v) is 2.03. The molecule has 1 aromatic rings. The molecule has 1 heterocycles. The number of halogens is 2. The van der Waals surface area contributed by atoms with E-state index in [0.29, 0.717) is 0 Å². The number of alkyl halides is 2. The van der Waals surface area contributed by atoms with E-state index in [2.05, 4.69) is 0 Å². The third-order valence-corrected chi connectivity index (χ3v) is 3.01. The van der Waals surface area contributed by atoms with Crippen molar-refractivity contribution in [2.45, 2.75) is 44.4 Å². The zero-order chi connectivity index (χ0) is 13.2. The molecule has 0 spiro atoms. The second kappa shape index (κ2) is 5.30. The van der Waals surface area contributed by atoms with Gasteiger partial charge < -0.3 is 14.6 Å². The summed E-state index contributed by atoms with van der Waals surface area (Å²) in [6, 6.07) is 8.98. The molecule has 1 N–H and O–H groups in total. The van der Waals surface area contributed by atoms with E-state index in [-0.39, 0.29) is 13.0 Å². The molecule has 0 amide bonds. The molecule has 0 radical (unpaired) electrons. The molecule has 1 saturated heterocycles. The molecule has 3 atom stereocenters. The molecule has 0 aliphatic carbocycles. The number of ether oxygens (including phenoxy) is 2. The van der Waals surface area contributed by atoms with Crippen LogP contribution in [0, 0.1) is 0 Å². The predicted molar refractivity (Wildman–Crippen MR) is 61.1 cm³/mol. The quantitative estimate of drug-likeness (QED) is 0.900. The fourth-order valence-electron chi connectivity index (χ4n) is 2.03. The number of rotatable bonds is 4. The third-order valence-electron chi connectivity index (χ3n) is 3.01. The van der Waals surface area contributed by atoms with Crippen molar-refractivity contribution < 1.29 is 23.4 Å². The zero-order valence-corrected chi connectivity index (χ0v) is 10.1. The Labute approximate surface area is 104 Å². The van der Waals surface area contributed by atoms with Crippen LogP contribution in [0.1, 0.15) is 18.9 Å².